The molecule has 0 unspecified atom stereocenters. The summed E-state index contributed by atoms with van der Waals surface area (Å²) in [6.07, 6.45) is 5.13. The second kappa shape index (κ2) is 6.38. The van der Waals surface area contributed by atoms with E-state index < -0.39 is 0 Å². The molecule has 0 saturated carbocycles. The number of piperidine rings is 1. The summed E-state index contributed by atoms with van der Waals surface area (Å²) < 4.78 is 0. The SMILES string of the molecule is CCC(CC)(CN)CN1CCC(C(C)(C)C)CC1. The molecular formula is C16H34N2. The van der Waals surface area contributed by atoms with Gasteiger partial charge in [-0.05, 0) is 62.1 Å². The molecule has 0 bridgehead atoms. The Morgan fingerprint density at radius 2 is 1.56 bits per heavy atom. The molecule has 1 aliphatic rings. The highest BCUT2D eigenvalue weighted by Gasteiger charge is 2.32. The molecule has 1 fully saturated rings. The van der Waals surface area contributed by atoms with Crippen LogP contribution in [0.2, 0.25) is 0 Å². The minimum absolute atomic E-state index is 0.356. The van der Waals surface area contributed by atoms with Crippen LogP contribution in [0.3, 0.4) is 0 Å². The van der Waals surface area contributed by atoms with Gasteiger partial charge in [0, 0.05) is 6.54 Å². The molecule has 1 rings (SSSR count). The van der Waals surface area contributed by atoms with Gasteiger partial charge in [0.2, 0.25) is 0 Å². The van der Waals surface area contributed by atoms with Crippen LogP contribution in [0, 0.1) is 16.7 Å². The van der Waals surface area contributed by atoms with E-state index in [1.54, 1.807) is 0 Å². The van der Waals surface area contributed by atoms with E-state index in [1.807, 2.05) is 0 Å². The smallest absolute Gasteiger partial charge is 0.00499 e. The third-order valence-electron chi connectivity index (χ3n) is 5.30. The molecular weight excluding hydrogens is 220 g/mol. The first-order valence-electron chi connectivity index (χ1n) is 7.79. The fraction of sp³-hybridized carbons (Fsp3) is 1.00. The van der Waals surface area contributed by atoms with Gasteiger partial charge in [0.1, 0.15) is 0 Å². The molecule has 108 valence electrons. The van der Waals surface area contributed by atoms with Crippen molar-refractivity contribution in [1.29, 1.82) is 0 Å². The Balaban J connectivity index is 2.48. The third-order valence-corrected chi connectivity index (χ3v) is 5.30. The molecule has 2 heteroatoms. The number of nitrogens with zero attached hydrogens (tertiary/aromatic N) is 1. The van der Waals surface area contributed by atoms with Gasteiger partial charge in [-0.3, -0.25) is 0 Å². The summed E-state index contributed by atoms with van der Waals surface area (Å²) in [5.41, 5.74) is 6.85. The Bertz CT molecular complexity index is 222. The fourth-order valence-electron chi connectivity index (χ4n) is 3.26. The predicted octanol–water partition coefficient (Wildman–Crippen LogP) is 3.51. The predicted molar refractivity (Wildman–Crippen MR) is 80.7 cm³/mol. The van der Waals surface area contributed by atoms with Gasteiger partial charge in [-0.1, -0.05) is 34.6 Å². The molecule has 2 nitrogen and oxygen atoms in total. The van der Waals surface area contributed by atoms with Crippen LogP contribution in [0.4, 0.5) is 0 Å². The van der Waals surface area contributed by atoms with Crippen molar-refractivity contribution in [1.82, 2.24) is 4.90 Å². The van der Waals surface area contributed by atoms with E-state index in [0.717, 1.165) is 12.5 Å². The number of nitrogens with two attached hydrogens (primary N) is 1. The molecule has 2 N–H and O–H groups in total. The van der Waals surface area contributed by atoms with E-state index in [9.17, 15) is 0 Å². The van der Waals surface area contributed by atoms with Crippen LogP contribution in [-0.2, 0) is 0 Å². The Labute approximate surface area is 114 Å². The lowest BCUT2D eigenvalue weighted by Crippen LogP contribution is -2.46. The first kappa shape index (κ1) is 16.0. The molecule has 0 radical (unpaired) electrons. The largest absolute Gasteiger partial charge is 0.330 e. The Hall–Kier alpha value is -0.0800. The average Bonchev–Trinajstić information content (AvgIpc) is 2.36. The highest BCUT2D eigenvalue weighted by molar-refractivity contribution is 4.86. The van der Waals surface area contributed by atoms with Crippen LogP contribution in [0.1, 0.15) is 60.3 Å². The maximum absolute atomic E-state index is 6.02. The van der Waals surface area contributed by atoms with Crippen LogP contribution in [0.5, 0.6) is 0 Å². The molecule has 0 spiro atoms. The summed E-state index contributed by atoms with van der Waals surface area (Å²) in [6, 6.07) is 0. The van der Waals surface area contributed by atoms with Crippen molar-refractivity contribution >= 4 is 0 Å². The quantitative estimate of drug-likeness (QED) is 0.813. The van der Waals surface area contributed by atoms with Crippen molar-refractivity contribution in [3.05, 3.63) is 0 Å². The molecule has 1 heterocycles. The van der Waals surface area contributed by atoms with E-state index in [1.165, 1.54) is 45.3 Å². The van der Waals surface area contributed by atoms with E-state index in [0.29, 0.717) is 10.8 Å². The van der Waals surface area contributed by atoms with Crippen LogP contribution >= 0.6 is 0 Å². The summed E-state index contributed by atoms with van der Waals surface area (Å²) in [5, 5.41) is 0. The minimum Gasteiger partial charge on any atom is -0.330 e. The summed E-state index contributed by atoms with van der Waals surface area (Å²) >= 11 is 0. The van der Waals surface area contributed by atoms with Crippen LogP contribution in [-0.4, -0.2) is 31.1 Å². The van der Waals surface area contributed by atoms with Gasteiger partial charge >= 0.3 is 0 Å². The maximum atomic E-state index is 6.02. The molecule has 0 atom stereocenters. The van der Waals surface area contributed by atoms with Gasteiger partial charge in [0.05, 0.1) is 0 Å². The average molecular weight is 254 g/mol. The fourth-order valence-corrected chi connectivity index (χ4v) is 3.26. The van der Waals surface area contributed by atoms with Crippen LogP contribution < -0.4 is 5.73 Å². The second-order valence-corrected chi connectivity index (χ2v) is 7.33. The van der Waals surface area contributed by atoms with Crippen molar-refractivity contribution in [3.63, 3.8) is 0 Å². The zero-order chi connectivity index (χ0) is 13.8. The van der Waals surface area contributed by atoms with Gasteiger partial charge in [-0.25, -0.2) is 0 Å². The Morgan fingerprint density at radius 3 is 1.89 bits per heavy atom. The summed E-state index contributed by atoms with van der Waals surface area (Å²) in [4.78, 5) is 2.65. The van der Waals surface area contributed by atoms with Gasteiger partial charge in [-0.2, -0.15) is 0 Å². The normalized spacial score (nSPS) is 20.3. The van der Waals surface area contributed by atoms with Crippen LogP contribution in [0.15, 0.2) is 0 Å². The van der Waals surface area contributed by atoms with Gasteiger partial charge in [0.25, 0.3) is 0 Å². The van der Waals surface area contributed by atoms with Crippen molar-refractivity contribution in [3.8, 4) is 0 Å². The van der Waals surface area contributed by atoms with Gasteiger partial charge in [-0.15, -0.1) is 0 Å². The lowest BCUT2D eigenvalue weighted by Gasteiger charge is -2.42. The van der Waals surface area contributed by atoms with E-state index in [2.05, 4.69) is 39.5 Å². The lowest BCUT2D eigenvalue weighted by molar-refractivity contribution is 0.0728. The van der Waals surface area contributed by atoms with E-state index in [4.69, 9.17) is 5.73 Å². The highest BCUT2D eigenvalue weighted by Crippen LogP contribution is 2.35. The molecule has 0 aromatic heterocycles. The number of rotatable bonds is 5. The number of hydrogen-bond acceptors (Lipinski definition) is 2. The van der Waals surface area contributed by atoms with Gasteiger partial charge in [0.15, 0.2) is 0 Å². The topological polar surface area (TPSA) is 29.3 Å². The standard InChI is InChI=1S/C16H34N2/c1-6-16(7-2,12-17)13-18-10-8-14(9-11-18)15(3,4)5/h14H,6-13,17H2,1-5H3. The number of likely N-dealkylation sites (tertiary alicyclic amines) is 1. The zero-order valence-electron chi connectivity index (χ0n) is 13.3. The summed E-state index contributed by atoms with van der Waals surface area (Å²) in [7, 11) is 0. The molecule has 1 aliphatic heterocycles. The molecule has 0 amide bonds. The Morgan fingerprint density at radius 1 is 1.06 bits per heavy atom. The second-order valence-electron chi connectivity index (χ2n) is 7.33. The minimum atomic E-state index is 0.356. The first-order valence-corrected chi connectivity index (χ1v) is 7.79. The third kappa shape index (κ3) is 3.96. The monoisotopic (exact) mass is 254 g/mol. The van der Waals surface area contributed by atoms with E-state index >= 15 is 0 Å². The molecule has 18 heavy (non-hydrogen) atoms. The van der Waals surface area contributed by atoms with E-state index in [-0.39, 0.29) is 0 Å². The summed E-state index contributed by atoms with van der Waals surface area (Å²) in [6.45, 7) is 16.3. The molecule has 0 aromatic carbocycles. The summed E-state index contributed by atoms with van der Waals surface area (Å²) in [5.74, 6) is 0.893. The Kier molecular flexibility index (Phi) is 5.67. The molecule has 0 aromatic rings. The van der Waals surface area contributed by atoms with Crippen molar-refractivity contribution in [2.24, 2.45) is 22.5 Å². The number of hydrogen-bond donors (Lipinski definition) is 1. The van der Waals surface area contributed by atoms with Crippen molar-refractivity contribution in [2.75, 3.05) is 26.2 Å². The lowest BCUT2D eigenvalue weighted by atomic mass is 9.74. The maximum Gasteiger partial charge on any atom is 0.00499 e. The van der Waals surface area contributed by atoms with Crippen LogP contribution in [0.25, 0.3) is 0 Å². The van der Waals surface area contributed by atoms with Crippen molar-refractivity contribution in [2.45, 2.75) is 60.3 Å². The molecule has 1 saturated heterocycles. The zero-order valence-corrected chi connectivity index (χ0v) is 13.3. The highest BCUT2D eigenvalue weighted by atomic mass is 15.1. The van der Waals surface area contributed by atoms with Crippen molar-refractivity contribution < 1.29 is 0 Å². The van der Waals surface area contributed by atoms with Gasteiger partial charge < -0.3 is 10.6 Å². The molecule has 0 aliphatic carbocycles. The first-order chi connectivity index (χ1) is 8.37.